The number of benzene rings is 1. The standard InChI is InChI=1S/C13H20O3S/c1-11-5-3-6-12(9-11)13(10-14)7-4-8-17(2,15)16/h3,5-6,9,13-14H,4,7-8,10H2,1-2H3. The molecule has 1 rings (SSSR count). The van der Waals surface area contributed by atoms with Gasteiger partial charge in [0.1, 0.15) is 9.84 Å². The van der Waals surface area contributed by atoms with Crippen molar-refractivity contribution in [3.63, 3.8) is 0 Å². The first-order valence-corrected chi connectivity index (χ1v) is 7.83. The molecular weight excluding hydrogens is 236 g/mol. The minimum atomic E-state index is -2.90. The van der Waals surface area contributed by atoms with Crippen LogP contribution in [0.3, 0.4) is 0 Å². The Morgan fingerprint density at radius 3 is 2.59 bits per heavy atom. The van der Waals surface area contributed by atoms with Crippen LogP contribution in [0.5, 0.6) is 0 Å². The highest BCUT2D eigenvalue weighted by molar-refractivity contribution is 7.90. The molecule has 0 aliphatic carbocycles. The van der Waals surface area contributed by atoms with E-state index in [9.17, 15) is 13.5 Å². The smallest absolute Gasteiger partial charge is 0.147 e. The zero-order chi connectivity index (χ0) is 12.9. The number of sulfone groups is 1. The summed E-state index contributed by atoms with van der Waals surface area (Å²) in [6.07, 6.45) is 2.54. The summed E-state index contributed by atoms with van der Waals surface area (Å²) in [5, 5.41) is 9.35. The van der Waals surface area contributed by atoms with E-state index in [1.54, 1.807) is 0 Å². The van der Waals surface area contributed by atoms with Crippen LogP contribution in [0.4, 0.5) is 0 Å². The largest absolute Gasteiger partial charge is 0.396 e. The Balaban J connectivity index is 2.60. The molecule has 4 heteroatoms. The summed E-state index contributed by atoms with van der Waals surface area (Å²) in [5.41, 5.74) is 2.24. The van der Waals surface area contributed by atoms with Gasteiger partial charge in [0.2, 0.25) is 0 Å². The lowest BCUT2D eigenvalue weighted by Gasteiger charge is -2.14. The van der Waals surface area contributed by atoms with Crippen molar-refractivity contribution in [2.75, 3.05) is 18.6 Å². The first kappa shape index (κ1) is 14.2. The van der Waals surface area contributed by atoms with Gasteiger partial charge in [0.15, 0.2) is 0 Å². The van der Waals surface area contributed by atoms with Gasteiger partial charge in [-0.2, -0.15) is 0 Å². The molecule has 96 valence electrons. The molecule has 0 aromatic heterocycles. The van der Waals surface area contributed by atoms with Gasteiger partial charge < -0.3 is 5.11 Å². The molecule has 1 unspecified atom stereocenters. The number of hydrogen-bond donors (Lipinski definition) is 1. The molecule has 0 fully saturated rings. The van der Waals surface area contributed by atoms with E-state index in [1.807, 2.05) is 31.2 Å². The summed E-state index contributed by atoms with van der Waals surface area (Å²) in [5.74, 6) is 0.228. The fourth-order valence-electron chi connectivity index (χ4n) is 1.88. The number of aliphatic hydroxyl groups is 1. The van der Waals surface area contributed by atoms with Crippen LogP contribution in [-0.4, -0.2) is 32.1 Å². The number of hydrogen-bond acceptors (Lipinski definition) is 3. The second kappa shape index (κ2) is 6.17. The van der Waals surface area contributed by atoms with Crippen LogP contribution in [-0.2, 0) is 9.84 Å². The van der Waals surface area contributed by atoms with Gasteiger partial charge in [-0.25, -0.2) is 8.42 Å². The van der Waals surface area contributed by atoms with Crippen LogP contribution in [0, 0.1) is 6.92 Å². The highest BCUT2D eigenvalue weighted by Gasteiger charge is 2.12. The fraction of sp³-hybridized carbons (Fsp3) is 0.538. The molecule has 0 bridgehead atoms. The molecule has 17 heavy (non-hydrogen) atoms. The molecule has 0 amide bonds. The van der Waals surface area contributed by atoms with Gasteiger partial charge in [0.05, 0.1) is 0 Å². The zero-order valence-corrected chi connectivity index (χ0v) is 11.2. The van der Waals surface area contributed by atoms with Crippen LogP contribution in [0.1, 0.15) is 29.9 Å². The highest BCUT2D eigenvalue weighted by atomic mass is 32.2. The molecule has 0 spiro atoms. The Hall–Kier alpha value is -0.870. The molecule has 0 saturated heterocycles. The number of aryl methyl sites for hydroxylation is 1. The van der Waals surface area contributed by atoms with E-state index >= 15 is 0 Å². The van der Waals surface area contributed by atoms with Crippen molar-refractivity contribution in [1.29, 1.82) is 0 Å². The fourth-order valence-corrected chi connectivity index (χ4v) is 2.57. The van der Waals surface area contributed by atoms with E-state index in [0.717, 1.165) is 11.1 Å². The SMILES string of the molecule is Cc1cccc(C(CO)CCCS(C)(=O)=O)c1. The van der Waals surface area contributed by atoms with Crippen LogP contribution >= 0.6 is 0 Å². The van der Waals surface area contributed by atoms with Crippen LogP contribution < -0.4 is 0 Å². The second-order valence-electron chi connectivity index (χ2n) is 4.57. The topological polar surface area (TPSA) is 54.4 Å². The average Bonchev–Trinajstić information content (AvgIpc) is 2.23. The van der Waals surface area contributed by atoms with E-state index in [2.05, 4.69) is 0 Å². The van der Waals surface area contributed by atoms with Crippen LogP contribution in [0.25, 0.3) is 0 Å². The van der Waals surface area contributed by atoms with Crippen molar-refractivity contribution in [2.45, 2.75) is 25.7 Å². The summed E-state index contributed by atoms with van der Waals surface area (Å²) >= 11 is 0. The Labute approximate surface area is 103 Å². The zero-order valence-electron chi connectivity index (χ0n) is 10.4. The van der Waals surface area contributed by atoms with Crippen molar-refractivity contribution < 1.29 is 13.5 Å². The third-order valence-corrected chi connectivity index (χ3v) is 3.83. The molecule has 0 radical (unpaired) electrons. The Morgan fingerprint density at radius 2 is 2.06 bits per heavy atom. The van der Waals surface area contributed by atoms with Crippen molar-refractivity contribution in [2.24, 2.45) is 0 Å². The molecule has 1 atom stereocenters. The quantitative estimate of drug-likeness (QED) is 0.845. The molecule has 1 aromatic carbocycles. The first-order chi connectivity index (χ1) is 7.92. The van der Waals surface area contributed by atoms with Crippen molar-refractivity contribution in [3.8, 4) is 0 Å². The lowest BCUT2D eigenvalue weighted by atomic mass is 9.94. The Morgan fingerprint density at radius 1 is 1.35 bits per heavy atom. The normalized spacial score (nSPS) is 13.6. The maximum absolute atomic E-state index is 11.0. The molecule has 0 aliphatic rings. The monoisotopic (exact) mass is 256 g/mol. The third kappa shape index (κ3) is 5.33. The van der Waals surface area contributed by atoms with Gasteiger partial charge in [-0.1, -0.05) is 29.8 Å². The molecular formula is C13H20O3S. The molecule has 1 N–H and O–H groups in total. The predicted molar refractivity (Wildman–Crippen MR) is 70.0 cm³/mol. The molecule has 0 saturated carbocycles. The van der Waals surface area contributed by atoms with Gasteiger partial charge in [-0.3, -0.25) is 0 Å². The highest BCUT2D eigenvalue weighted by Crippen LogP contribution is 2.21. The van der Waals surface area contributed by atoms with E-state index in [1.165, 1.54) is 6.26 Å². The lowest BCUT2D eigenvalue weighted by molar-refractivity contribution is 0.258. The third-order valence-electron chi connectivity index (χ3n) is 2.80. The van der Waals surface area contributed by atoms with Crippen molar-refractivity contribution in [3.05, 3.63) is 35.4 Å². The van der Waals surface area contributed by atoms with Gasteiger partial charge in [-0.15, -0.1) is 0 Å². The minimum Gasteiger partial charge on any atom is -0.396 e. The van der Waals surface area contributed by atoms with Gasteiger partial charge >= 0.3 is 0 Å². The van der Waals surface area contributed by atoms with E-state index < -0.39 is 9.84 Å². The summed E-state index contributed by atoms with van der Waals surface area (Å²) in [6.45, 7) is 2.07. The van der Waals surface area contributed by atoms with Gasteiger partial charge in [0.25, 0.3) is 0 Å². The van der Waals surface area contributed by atoms with E-state index in [-0.39, 0.29) is 18.3 Å². The summed E-state index contributed by atoms with van der Waals surface area (Å²) < 4.78 is 22.1. The second-order valence-corrected chi connectivity index (χ2v) is 6.83. The summed E-state index contributed by atoms with van der Waals surface area (Å²) in [7, 11) is -2.90. The molecule has 0 aliphatic heterocycles. The number of rotatable bonds is 6. The Bertz CT molecular complexity index is 451. The van der Waals surface area contributed by atoms with E-state index in [4.69, 9.17) is 0 Å². The predicted octanol–water partition coefficient (Wildman–Crippen LogP) is 1.90. The average molecular weight is 256 g/mol. The molecule has 1 aromatic rings. The first-order valence-electron chi connectivity index (χ1n) is 5.77. The maximum Gasteiger partial charge on any atom is 0.147 e. The van der Waals surface area contributed by atoms with E-state index in [0.29, 0.717) is 12.8 Å². The van der Waals surface area contributed by atoms with Gasteiger partial charge in [-0.05, 0) is 25.3 Å². The number of aliphatic hydroxyl groups excluding tert-OH is 1. The van der Waals surface area contributed by atoms with Crippen molar-refractivity contribution >= 4 is 9.84 Å². The molecule has 0 heterocycles. The minimum absolute atomic E-state index is 0.0386. The van der Waals surface area contributed by atoms with Crippen LogP contribution in [0.2, 0.25) is 0 Å². The summed E-state index contributed by atoms with van der Waals surface area (Å²) in [4.78, 5) is 0. The summed E-state index contributed by atoms with van der Waals surface area (Å²) in [6, 6.07) is 7.99. The Kier molecular flexibility index (Phi) is 5.15. The molecule has 3 nitrogen and oxygen atoms in total. The maximum atomic E-state index is 11.0. The lowest BCUT2D eigenvalue weighted by Crippen LogP contribution is -2.09. The van der Waals surface area contributed by atoms with Crippen molar-refractivity contribution in [1.82, 2.24) is 0 Å². The van der Waals surface area contributed by atoms with Crippen LogP contribution in [0.15, 0.2) is 24.3 Å². The van der Waals surface area contributed by atoms with Gasteiger partial charge in [0, 0.05) is 24.5 Å².